The van der Waals surface area contributed by atoms with Crippen molar-refractivity contribution in [3.8, 4) is 11.8 Å². The Morgan fingerprint density at radius 3 is 2.91 bits per heavy atom. The molecule has 0 aromatic carbocycles. The van der Waals surface area contributed by atoms with Gasteiger partial charge in [0.15, 0.2) is 11.8 Å². The second-order valence-electron chi connectivity index (χ2n) is 4.94. The van der Waals surface area contributed by atoms with Crippen LogP contribution in [0.15, 0.2) is 17.1 Å². The number of nitrogen functional groups attached to an aromatic ring is 1. The van der Waals surface area contributed by atoms with E-state index in [2.05, 4.69) is 10.9 Å². The van der Waals surface area contributed by atoms with Gasteiger partial charge in [-0.05, 0) is 13.0 Å². The largest absolute Gasteiger partial charge is 0.391 e. The van der Waals surface area contributed by atoms with E-state index in [1.165, 1.54) is 19.2 Å². The van der Waals surface area contributed by atoms with Gasteiger partial charge in [0.2, 0.25) is 0 Å². The first kappa shape index (κ1) is 16.4. The highest BCUT2D eigenvalue weighted by atomic mass is 19.1. The van der Waals surface area contributed by atoms with Gasteiger partial charge in [-0.3, -0.25) is 4.57 Å². The van der Waals surface area contributed by atoms with Crippen LogP contribution in [0.3, 0.4) is 0 Å². The van der Waals surface area contributed by atoms with E-state index in [0.29, 0.717) is 0 Å². The lowest BCUT2D eigenvalue weighted by Gasteiger charge is -2.26. The van der Waals surface area contributed by atoms with E-state index in [-0.39, 0.29) is 5.82 Å². The van der Waals surface area contributed by atoms with Crippen molar-refractivity contribution in [1.29, 1.82) is 0 Å². The fourth-order valence-electron chi connectivity index (χ4n) is 2.29. The lowest BCUT2D eigenvalue weighted by atomic mass is 9.92. The molecule has 120 valence electrons. The minimum Gasteiger partial charge on any atom is -0.391 e. The maximum Gasteiger partial charge on any atom is 0.351 e. The fraction of sp³-hybridized carbons (Fsp3) is 0.538. The first-order chi connectivity index (χ1) is 10.3. The second kappa shape index (κ2) is 6.02. The van der Waals surface area contributed by atoms with Crippen molar-refractivity contribution in [3.63, 3.8) is 0 Å². The standard InChI is InChI=1S/C13H16FN3O5/c1-7(18)9-10(19)13(21,4-2-5-14)11(22-9)17-6-3-8(15)16-12(17)20/h3,6-7,9-11,18-19,21H,5H2,1H3,(H2,15,16,20)/t7-,9-,10?,11-,13-/m1/s1. The summed E-state index contributed by atoms with van der Waals surface area (Å²) in [6.07, 6.45) is -4.29. The van der Waals surface area contributed by atoms with Gasteiger partial charge in [0.25, 0.3) is 0 Å². The van der Waals surface area contributed by atoms with Gasteiger partial charge in [-0.2, -0.15) is 4.98 Å². The minimum atomic E-state index is -2.28. The van der Waals surface area contributed by atoms with Gasteiger partial charge in [-0.1, -0.05) is 11.8 Å². The molecule has 1 aromatic rings. The Bertz CT molecular complexity index is 668. The molecule has 1 saturated heterocycles. The summed E-state index contributed by atoms with van der Waals surface area (Å²) in [5.41, 5.74) is 2.26. The number of alkyl halides is 1. The number of hydrogen-bond donors (Lipinski definition) is 4. The van der Waals surface area contributed by atoms with Crippen molar-refractivity contribution in [3.05, 3.63) is 22.7 Å². The Morgan fingerprint density at radius 1 is 1.68 bits per heavy atom. The maximum atomic E-state index is 12.3. The highest BCUT2D eigenvalue weighted by Gasteiger charge is 2.57. The predicted molar refractivity (Wildman–Crippen MR) is 73.2 cm³/mol. The number of aliphatic hydroxyl groups is 3. The molecular formula is C13H16FN3O5. The summed E-state index contributed by atoms with van der Waals surface area (Å²) in [5.74, 6) is 4.12. The van der Waals surface area contributed by atoms with Gasteiger partial charge < -0.3 is 25.8 Å². The normalized spacial score (nSPS) is 32.3. The van der Waals surface area contributed by atoms with Crippen molar-refractivity contribution in [2.24, 2.45) is 0 Å². The zero-order valence-electron chi connectivity index (χ0n) is 11.7. The second-order valence-corrected chi connectivity index (χ2v) is 4.94. The fourth-order valence-corrected chi connectivity index (χ4v) is 2.29. The molecule has 0 saturated carbocycles. The maximum absolute atomic E-state index is 12.3. The van der Waals surface area contributed by atoms with E-state index in [1.807, 2.05) is 5.92 Å². The Hall–Kier alpha value is -1.99. The first-order valence-electron chi connectivity index (χ1n) is 6.46. The highest BCUT2D eigenvalue weighted by molar-refractivity contribution is 5.26. The number of hydrogen-bond acceptors (Lipinski definition) is 7. The number of nitrogens with zero attached hydrogens (tertiary/aromatic N) is 2. The third-order valence-corrected chi connectivity index (χ3v) is 3.36. The lowest BCUT2D eigenvalue weighted by molar-refractivity contribution is -0.0883. The topological polar surface area (TPSA) is 131 Å². The van der Waals surface area contributed by atoms with Gasteiger partial charge in [-0.25, -0.2) is 9.18 Å². The summed E-state index contributed by atoms with van der Waals surface area (Å²) in [4.78, 5) is 15.4. The number of ether oxygens (including phenoxy) is 1. The quantitative estimate of drug-likeness (QED) is 0.472. The summed E-state index contributed by atoms with van der Waals surface area (Å²) < 4.78 is 18.5. The van der Waals surface area contributed by atoms with Crippen LogP contribution in [-0.4, -0.2) is 55.5 Å². The molecule has 0 aliphatic carbocycles. The third kappa shape index (κ3) is 2.69. The molecule has 8 nitrogen and oxygen atoms in total. The number of anilines is 1. The molecule has 9 heteroatoms. The van der Waals surface area contributed by atoms with Crippen LogP contribution >= 0.6 is 0 Å². The molecule has 1 aliphatic heterocycles. The number of aliphatic hydroxyl groups excluding tert-OH is 2. The molecule has 5 N–H and O–H groups in total. The molecule has 0 radical (unpaired) electrons. The van der Waals surface area contributed by atoms with E-state index in [1.54, 1.807) is 0 Å². The Balaban J connectivity index is 2.53. The predicted octanol–water partition coefficient (Wildman–Crippen LogP) is -1.83. The molecule has 5 atom stereocenters. The van der Waals surface area contributed by atoms with Crippen molar-refractivity contribution < 1.29 is 24.4 Å². The monoisotopic (exact) mass is 313 g/mol. The molecule has 0 spiro atoms. The molecule has 1 aromatic heterocycles. The van der Waals surface area contributed by atoms with Crippen molar-refractivity contribution in [1.82, 2.24) is 9.55 Å². The average Bonchev–Trinajstić information content (AvgIpc) is 2.70. The van der Waals surface area contributed by atoms with E-state index < -0.39 is 42.5 Å². The number of nitrogens with two attached hydrogens (primary N) is 1. The van der Waals surface area contributed by atoms with Gasteiger partial charge in [0, 0.05) is 6.20 Å². The van der Waals surface area contributed by atoms with Gasteiger partial charge in [-0.15, -0.1) is 0 Å². The molecule has 22 heavy (non-hydrogen) atoms. The highest BCUT2D eigenvalue weighted by Crippen LogP contribution is 2.38. The zero-order chi connectivity index (χ0) is 16.5. The van der Waals surface area contributed by atoms with Crippen molar-refractivity contribution in [2.45, 2.75) is 37.1 Å². The molecular weight excluding hydrogens is 297 g/mol. The van der Waals surface area contributed by atoms with Gasteiger partial charge >= 0.3 is 5.69 Å². The number of halogens is 1. The molecule has 2 heterocycles. The van der Waals surface area contributed by atoms with Crippen LogP contribution < -0.4 is 11.4 Å². The van der Waals surface area contributed by atoms with Crippen LogP contribution in [0, 0.1) is 11.8 Å². The van der Waals surface area contributed by atoms with Crippen LogP contribution in [0.2, 0.25) is 0 Å². The molecule has 1 aliphatic rings. The summed E-state index contributed by atoms with van der Waals surface area (Å²) >= 11 is 0. The van der Waals surface area contributed by atoms with Gasteiger partial charge in [0.1, 0.15) is 24.7 Å². The van der Waals surface area contributed by atoms with Crippen LogP contribution in [0.25, 0.3) is 0 Å². The van der Waals surface area contributed by atoms with Crippen LogP contribution in [0.1, 0.15) is 13.2 Å². The third-order valence-electron chi connectivity index (χ3n) is 3.36. The Morgan fingerprint density at radius 2 is 2.36 bits per heavy atom. The van der Waals surface area contributed by atoms with E-state index in [9.17, 15) is 24.5 Å². The SMILES string of the molecule is C[C@@H](O)[C@H]1O[C@@H](n2ccc(N)nc2=O)[C@@](O)(C#CCF)C1O. The van der Waals surface area contributed by atoms with Crippen LogP contribution in [0.5, 0.6) is 0 Å². The zero-order valence-corrected chi connectivity index (χ0v) is 11.7. The number of rotatable bonds is 2. The average molecular weight is 313 g/mol. The summed E-state index contributed by atoms with van der Waals surface area (Å²) in [6.45, 7) is 0.277. The molecule has 0 amide bonds. The lowest BCUT2D eigenvalue weighted by Crippen LogP contribution is -2.48. The summed E-state index contributed by atoms with van der Waals surface area (Å²) in [7, 11) is 0. The van der Waals surface area contributed by atoms with E-state index in [4.69, 9.17) is 10.5 Å². The summed E-state index contributed by atoms with van der Waals surface area (Å²) in [5, 5.41) is 30.4. The Kier molecular flexibility index (Phi) is 4.48. The van der Waals surface area contributed by atoms with Crippen LogP contribution in [0.4, 0.5) is 10.2 Å². The van der Waals surface area contributed by atoms with E-state index >= 15 is 0 Å². The first-order valence-corrected chi connectivity index (χ1v) is 6.46. The van der Waals surface area contributed by atoms with Crippen molar-refractivity contribution in [2.75, 3.05) is 12.4 Å². The van der Waals surface area contributed by atoms with Gasteiger partial charge in [0.05, 0.1) is 6.10 Å². The minimum absolute atomic E-state index is 0.0368. The molecule has 0 bridgehead atoms. The van der Waals surface area contributed by atoms with Crippen LogP contribution in [-0.2, 0) is 4.74 Å². The van der Waals surface area contributed by atoms with Crippen molar-refractivity contribution >= 4 is 5.82 Å². The molecule has 1 fully saturated rings. The summed E-state index contributed by atoms with van der Waals surface area (Å²) in [6, 6.07) is 1.29. The smallest absolute Gasteiger partial charge is 0.351 e. The number of aromatic nitrogens is 2. The Labute approximate surface area is 125 Å². The molecule has 1 unspecified atom stereocenters. The molecule has 2 rings (SSSR count). The van der Waals surface area contributed by atoms with E-state index in [0.717, 1.165) is 4.57 Å².